The summed E-state index contributed by atoms with van der Waals surface area (Å²) in [6, 6.07) is 6.55. The molecular formula is C17H26FN3O. The van der Waals surface area contributed by atoms with E-state index in [9.17, 15) is 9.18 Å². The smallest absolute Gasteiger partial charge is 0.223 e. The van der Waals surface area contributed by atoms with Crippen LogP contribution >= 0.6 is 0 Å². The van der Waals surface area contributed by atoms with Crippen molar-refractivity contribution in [3.8, 4) is 0 Å². The Morgan fingerprint density at radius 3 is 2.45 bits per heavy atom. The maximum absolute atomic E-state index is 12.9. The van der Waals surface area contributed by atoms with Crippen molar-refractivity contribution in [2.75, 3.05) is 44.2 Å². The number of piperazine rings is 1. The lowest BCUT2D eigenvalue weighted by molar-refractivity contribution is -0.131. The lowest BCUT2D eigenvalue weighted by Gasteiger charge is -2.36. The first kappa shape index (κ1) is 16.7. The van der Waals surface area contributed by atoms with Crippen molar-refractivity contribution in [1.29, 1.82) is 0 Å². The largest absolute Gasteiger partial charge is 0.368 e. The van der Waals surface area contributed by atoms with Crippen LogP contribution in [0.25, 0.3) is 0 Å². The first-order valence-corrected chi connectivity index (χ1v) is 8.19. The second kappa shape index (κ2) is 8.73. The number of halogens is 1. The Balaban J connectivity index is 1.70. The molecular weight excluding hydrogens is 281 g/mol. The Bertz CT molecular complexity index is 455. The van der Waals surface area contributed by atoms with E-state index in [2.05, 4.69) is 17.1 Å². The standard InChI is InChI=1S/C17H26FN3O/c1-2-3-9-19-10-8-17(22)21-13-11-20(12-14-21)16-6-4-15(18)5-7-16/h4-7,19H,2-3,8-14H2,1H3. The van der Waals surface area contributed by atoms with Gasteiger partial charge in [0.15, 0.2) is 0 Å². The van der Waals surface area contributed by atoms with E-state index in [1.165, 1.54) is 18.6 Å². The van der Waals surface area contributed by atoms with Gasteiger partial charge in [-0.2, -0.15) is 0 Å². The minimum atomic E-state index is -0.215. The van der Waals surface area contributed by atoms with Crippen LogP contribution in [0.4, 0.5) is 10.1 Å². The molecule has 2 rings (SSSR count). The van der Waals surface area contributed by atoms with Gasteiger partial charge in [-0.05, 0) is 37.2 Å². The van der Waals surface area contributed by atoms with Crippen molar-refractivity contribution in [1.82, 2.24) is 10.2 Å². The highest BCUT2D eigenvalue weighted by Crippen LogP contribution is 2.17. The van der Waals surface area contributed by atoms with Crippen molar-refractivity contribution < 1.29 is 9.18 Å². The third-order valence-electron chi connectivity index (χ3n) is 4.05. The van der Waals surface area contributed by atoms with Gasteiger partial charge in [0.25, 0.3) is 0 Å². The van der Waals surface area contributed by atoms with Crippen molar-refractivity contribution in [2.45, 2.75) is 26.2 Å². The van der Waals surface area contributed by atoms with E-state index in [0.29, 0.717) is 6.42 Å². The summed E-state index contributed by atoms with van der Waals surface area (Å²) in [5, 5.41) is 3.30. The van der Waals surface area contributed by atoms with Gasteiger partial charge in [0.1, 0.15) is 5.82 Å². The molecule has 4 nitrogen and oxygen atoms in total. The van der Waals surface area contributed by atoms with Crippen LogP contribution in [0, 0.1) is 5.82 Å². The molecule has 0 saturated carbocycles. The maximum Gasteiger partial charge on any atom is 0.223 e. The van der Waals surface area contributed by atoms with E-state index in [1.54, 1.807) is 12.1 Å². The Hall–Kier alpha value is -1.62. The molecule has 5 heteroatoms. The molecule has 1 aliphatic heterocycles. The molecule has 1 aromatic carbocycles. The second-order valence-corrected chi connectivity index (χ2v) is 5.70. The lowest BCUT2D eigenvalue weighted by Crippen LogP contribution is -2.49. The molecule has 0 radical (unpaired) electrons. The van der Waals surface area contributed by atoms with Crippen LogP contribution in [0.3, 0.4) is 0 Å². The van der Waals surface area contributed by atoms with Crippen LogP contribution in [-0.4, -0.2) is 50.1 Å². The van der Waals surface area contributed by atoms with Crippen LogP contribution in [0.5, 0.6) is 0 Å². The third-order valence-corrected chi connectivity index (χ3v) is 4.05. The van der Waals surface area contributed by atoms with E-state index < -0.39 is 0 Å². The predicted molar refractivity (Wildman–Crippen MR) is 87.6 cm³/mol. The molecule has 1 amide bonds. The number of hydrogen-bond donors (Lipinski definition) is 1. The monoisotopic (exact) mass is 307 g/mol. The normalized spacial score (nSPS) is 15.2. The SMILES string of the molecule is CCCCNCCC(=O)N1CCN(c2ccc(F)cc2)CC1. The molecule has 1 heterocycles. The fourth-order valence-electron chi connectivity index (χ4n) is 2.65. The van der Waals surface area contributed by atoms with Crippen LogP contribution in [0.1, 0.15) is 26.2 Å². The van der Waals surface area contributed by atoms with Gasteiger partial charge in [0.2, 0.25) is 5.91 Å². The summed E-state index contributed by atoms with van der Waals surface area (Å²) in [5.74, 6) is 0.0101. The number of nitrogens with zero attached hydrogens (tertiary/aromatic N) is 2. The first-order valence-electron chi connectivity index (χ1n) is 8.19. The Labute approximate surface area is 132 Å². The second-order valence-electron chi connectivity index (χ2n) is 5.70. The fraction of sp³-hybridized carbons (Fsp3) is 0.588. The summed E-state index contributed by atoms with van der Waals surface area (Å²) < 4.78 is 12.9. The Kier molecular flexibility index (Phi) is 6.65. The molecule has 0 spiro atoms. The summed E-state index contributed by atoms with van der Waals surface area (Å²) in [4.78, 5) is 16.3. The third kappa shape index (κ3) is 4.98. The summed E-state index contributed by atoms with van der Waals surface area (Å²) in [6.07, 6.45) is 2.90. The summed E-state index contributed by atoms with van der Waals surface area (Å²) in [7, 11) is 0. The average Bonchev–Trinajstić information content (AvgIpc) is 2.55. The van der Waals surface area contributed by atoms with Gasteiger partial charge in [-0.25, -0.2) is 4.39 Å². The summed E-state index contributed by atoms with van der Waals surface area (Å²) >= 11 is 0. The Morgan fingerprint density at radius 1 is 1.14 bits per heavy atom. The minimum Gasteiger partial charge on any atom is -0.368 e. The zero-order valence-electron chi connectivity index (χ0n) is 13.4. The molecule has 1 N–H and O–H groups in total. The summed E-state index contributed by atoms with van der Waals surface area (Å²) in [5.41, 5.74) is 1.02. The molecule has 0 atom stereocenters. The highest BCUT2D eigenvalue weighted by atomic mass is 19.1. The molecule has 1 aliphatic rings. The molecule has 0 aromatic heterocycles. The van der Waals surface area contributed by atoms with Crippen LogP contribution in [0.2, 0.25) is 0 Å². The molecule has 22 heavy (non-hydrogen) atoms. The van der Waals surface area contributed by atoms with Gasteiger partial charge in [-0.3, -0.25) is 4.79 Å². The number of rotatable bonds is 7. The Morgan fingerprint density at radius 2 is 1.82 bits per heavy atom. The molecule has 0 bridgehead atoms. The van der Waals surface area contributed by atoms with E-state index in [-0.39, 0.29) is 11.7 Å². The van der Waals surface area contributed by atoms with E-state index in [0.717, 1.165) is 51.4 Å². The van der Waals surface area contributed by atoms with Gasteiger partial charge in [-0.15, -0.1) is 0 Å². The summed E-state index contributed by atoms with van der Waals surface area (Å²) in [6.45, 7) is 7.00. The van der Waals surface area contributed by atoms with Gasteiger partial charge in [0.05, 0.1) is 0 Å². The minimum absolute atomic E-state index is 0.215. The number of carbonyl (C=O) groups is 1. The van der Waals surface area contributed by atoms with Crippen molar-refractivity contribution in [3.05, 3.63) is 30.1 Å². The molecule has 1 saturated heterocycles. The number of unbranched alkanes of at least 4 members (excludes halogenated alkanes) is 1. The predicted octanol–water partition coefficient (Wildman–Crippen LogP) is 2.25. The molecule has 0 aliphatic carbocycles. The molecule has 0 unspecified atom stereocenters. The van der Waals surface area contributed by atoms with Gasteiger partial charge in [-0.1, -0.05) is 13.3 Å². The first-order chi connectivity index (χ1) is 10.7. The lowest BCUT2D eigenvalue weighted by atomic mass is 10.2. The van der Waals surface area contributed by atoms with Crippen LogP contribution in [-0.2, 0) is 4.79 Å². The quantitative estimate of drug-likeness (QED) is 0.785. The average molecular weight is 307 g/mol. The van der Waals surface area contributed by atoms with Gasteiger partial charge in [0, 0.05) is 44.8 Å². The fourth-order valence-corrected chi connectivity index (χ4v) is 2.65. The number of carbonyl (C=O) groups excluding carboxylic acids is 1. The highest BCUT2D eigenvalue weighted by Gasteiger charge is 2.20. The van der Waals surface area contributed by atoms with Crippen LogP contribution < -0.4 is 10.2 Å². The highest BCUT2D eigenvalue weighted by molar-refractivity contribution is 5.76. The number of hydrogen-bond acceptors (Lipinski definition) is 3. The number of anilines is 1. The van der Waals surface area contributed by atoms with Crippen molar-refractivity contribution in [2.24, 2.45) is 0 Å². The van der Waals surface area contributed by atoms with Gasteiger partial charge < -0.3 is 15.1 Å². The number of nitrogens with one attached hydrogen (secondary N) is 1. The zero-order valence-corrected chi connectivity index (χ0v) is 13.4. The number of benzene rings is 1. The van der Waals surface area contributed by atoms with E-state index >= 15 is 0 Å². The van der Waals surface area contributed by atoms with Crippen LogP contribution in [0.15, 0.2) is 24.3 Å². The van der Waals surface area contributed by atoms with Crippen molar-refractivity contribution >= 4 is 11.6 Å². The zero-order chi connectivity index (χ0) is 15.8. The van der Waals surface area contributed by atoms with Crippen molar-refractivity contribution in [3.63, 3.8) is 0 Å². The van der Waals surface area contributed by atoms with E-state index in [1.807, 2.05) is 4.90 Å². The topological polar surface area (TPSA) is 35.6 Å². The van der Waals surface area contributed by atoms with Gasteiger partial charge >= 0.3 is 0 Å². The molecule has 1 fully saturated rings. The maximum atomic E-state index is 12.9. The van der Waals surface area contributed by atoms with E-state index in [4.69, 9.17) is 0 Å². The molecule has 122 valence electrons. The molecule has 1 aromatic rings. The number of amides is 1.